The van der Waals surface area contributed by atoms with Crippen LogP contribution in [0.4, 0.5) is 13.2 Å². The summed E-state index contributed by atoms with van der Waals surface area (Å²) in [6.45, 7) is 5.13. The molecule has 0 aliphatic rings. The Balaban J connectivity index is 0. The van der Waals surface area contributed by atoms with Crippen molar-refractivity contribution < 1.29 is 37.7 Å². The Morgan fingerprint density at radius 1 is 1.12 bits per heavy atom. The molecule has 0 aromatic rings. The van der Waals surface area contributed by atoms with Gasteiger partial charge in [0, 0.05) is 0 Å². The molecule has 8 heteroatoms. The van der Waals surface area contributed by atoms with E-state index in [1.165, 1.54) is 6.92 Å². The van der Waals surface area contributed by atoms with Gasteiger partial charge in [-0.05, 0) is 20.8 Å². The molecule has 1 unspecified atom stereocenters. The van der Waals surface area contributed by atoms with E-state index >= 15 is 0 Å². The Labute approximate surface area is 89.8 Å². The molecule has 0 rings (SSSR count). The van der Waals surface area contributed by atoms with Crippen LogP contribution < -0.4 is 0 Å². The van der Waals surface area contributed by atoms with E-state index < -0.39 is 24.2 Å². The molecule has 1 atom stereocenters. The number of hydrogen-bond donors (Lipinski definition) is 2. The molecule has 0 amide bonds. The first-order valence-electron chi connectivity index (χ1n) is 4.16. The smallest absolute Gasteiger partial charge is 0.479 e. The van der Waals surface area contributed by atoms with Gasteiger partial charge in [0.25, 0.3) is 0 Å². The van der Waals surface area contributed by atoms with Crippen LogP contribution in [0.15, 0.2) is 0 Å². The number of ether oxygens (including phenoxy) is 1. The first kappa shape index (κ1) is 17.1. The minimum Gasteiger partial charge on any atom is -0.479 e. The van der Waals surface area contributed by atoms with Crippen LogP contribution in [-0.4, -0.2) is 40.5 Å². The van der Waals surface area contributed by atoms with Gasteiger partial charge in [0.15, 0.2) is 6.10 Å². The fourth-order valence-electron chi connectivity index (χ4n) is 0.466. The van der Waals surface area contributed by atoms with Gasteiger partial charge in [-0.3, -0.25) is 0 Å². The van der Waals surface area contributed by atoms with Gasteiger partial charge in [0.1, 0.15) is 0 Å². The average Bonchev–Trinajstić information content (AvgIpc) is 2.01. The molecule has 0 heterocycles. The number of carboxylic acids is 2. The molecule has 0 aliphatic carbocycles. The maximum Gasteiger partial charge on any atom is 0.490 e. The minimum absolute atomic E-state index is 0.0175. The quantitative estimate of drug-likeness (QED) is 0.788. The zero-order valence-electron chi connectivity index (χ0n) is 8.91. The largest absolute Gasteiger partial charge is 0.490 e. The van der Waals surface area contributed by atoms with E-state index in [2.05, 4.69) is 0 Å². The number of rotatable bonds is 3. The van der Waals surface area contributed by atoms with Crippen molar-refractivity contribution in [2.24, 2.45) is 0 Å². The normalized spacial score (nSPS) is 12.7. The molecule has 16 heavy (non-hydrogen) atoms. The van der Waals surface area contributed by atoms with E-state index in [1.54, 1.807) is 13.8 Å². The van der Waals surface area contributed by atoms with Crippen LogP contribution in [-0.2, 0) is 14.3 Å². The number of aliphatic carboxylic acids is 2. The summed E-state index contributed by atoms with van der Waals surface area (Å²) < 4.78 is 36.6. The van der Waals surface area contributed by atoms with Gasteiger partial charge in [0.05, 0.1) is 6.10 Å². The molecule has 0 saturated heterocycles. The highest BCUT2D eigenvalue weighted by molar-refractivity contribution is 5.73. The molecule has 5 nitrogen and oxygen atoms in total. The predicted octanol–water partition coefficient (Wildman–Crippen LogP) is 1.52. The standard InChI is InChI=1S/C6H12O3.C2HF3O2/c1-4(2)9-5(3)6(7)8;3-2(4,5)1(6)7/h4-5H,1-3H3,(H,7,8);(H,6,7). The molecular formula is C8H13F3O5. The second kappa shape index (κ2) is 7.04. The van der Waals surface area contributed by atoms with Crippen LogP contribution in [0.25, 0.3) is 0 Å². The number of hydrogen-bond acceptors (Lipinski definition) is 3. The van der Waals surface area contributed by atoms with Gasteiger partial charge in [0.2, 0.25) is 0 Å². The molecule has 0 aromatic heterocycles. The van der Waals surface area contributed by atoms with E-state index in [9.17, 15) is 18.0 Å². The fraction of sp³-hybridized carbons (Fsp3) is 0.750. The van der Waals surface area contributed by atoms with E-state index in [1.807, 2.05) is 0 Å². The zero-order valence-corrected chi connectivity index (χ0v) is 8.91. The number of halogens is 3. The Morgan fingerprint density at radius 2 is 1.44 bits per heavy atom. The summed E-state index contributed by atoms with van der Waals surface area (Å²) in [4.78, 5) is 19.0. The van der Waals surface area contributed by atoms with Crippen molar-refractivity contribution in [2.75, 3.05) is 0 Å². The van der Waals surface area contributed by atoms with Crippen molar-refractivity contribution in [3.8, 4) is 0 Å². The molecule has 96 valence electrons. The maximum atomic E-state index is 10.6. The summed E-state index contributed by atoms with van der Waals surface area (Å²) in [5, 5.41) is 15.4. The monoisotopic (exact) mass is 246 g/mol. The summed E-state index contributed by atoms with van der Waals surface area (Å²) in [6, 6.07) is 0. The van der Waals surface area contributed by atoms with Gasteiger partial charge >= 0.3 is 18.1 Å². The third kappa shape index (κ3) is 10.8. The molecule has 0 fully saturated rings. The molecule has 0 aromatic carbocycles. The van der Waals surface area contributed by atoms with Crippen molar-refractivity contribution >= 4 is 11.9 Å². The lowest BCUT2D eigenvalue weighted by Crippen LogP contribution is -2.23. The third-order valence-corrected chi connectivity index (χ3v) is 1.07. The molecule has 2 N–H and O–H groups in total. The summed E-state index contributed by atoms with van der Waals surface area (Å²) >= 11 is 0. The second-order valence-corrected chi connectivity index (χ2v) is 2.97. The lowest BCUT2D eigenvalue weighted by atomic mass is 10.4. The summed E-state index contributed by atoms with van der Waals surface area (Å²) in [7, 11) is 0. The lowest BCUT2D eigenvalue weighted by molar-refractivity contribution is -0.192. The molecule has 0 radical (unpaired) electrons. The topological polar surface area (TPSA) is 83.8 Å². The molecule has 0 aliphatic heterocycles. The third-order valence-electron chi connectivity index (χ3n) is 1.07. The van der Waals surface area contributed by atoms with Crippen molar-refractivity contribution in [2.45, 2.75) is 39.2 Å². The van der Waals surface area contributed by atoms with Crippen LogP contribution in [0.3, 0.4) is 0 Å². The van der Waals surface area contributed by atoms with Gasteiger partial charge in [-0.2, -0.15) is 13.2 Å². The lowest BCUT2D eigenvalue weighted by Gasteiger charge is -2.10. The van der Waals surface area contributed by atoms with Gasteiger partial charge < -0.3 is 14.9 Å². The Kier molecular flexibility index (Phi) is 7.53. The highest BCUT2D eigenvalue weighted by atomic mass is 19.4. The van der Waals surface area contributed by atoms with Crippen molar-refractivity contribution in [3.05, 3.63) is 0 Å². The summed E-state index contributed by atoms with van der Waals surface area (Å²) in [5.41, 5.74) is 0. The summed E-state index contributed by atoms with van der Waals surface area (Å²) in [6.07, 6.45) is -5.79. The van der Waals surface area contributed by atoms with Gasteiger partial charge in [-0.25, -0.2) is 9.59 Å². The van der Waals surface area contributed by atoms with Crippen LogP contribution >= 0.6 is 0 Å². The number of carboxylic acid groups (broad SMARTS) is 2. The van der Waals surface area contributed by atoms with Crippen LogP contribution in [0, 0.1) is 0 Å². The maximum absolute atomic E-state index is 10.6. The zero-order chi connectivity index (χ0) is 13.5. The average molecular weight is 246 g/mol. The van der Waals surface area contributed by atoms with Crippen LogP contribution in [0.1, 0.15) is 20.8 Å². The van der Waals surface area contributed by atoms with Crippen molar-refractivity contribution in [3.63, 3.8) is 0 Å². The van der Waals surface area contributed by atoms with Crippen LogP contribution in [0.5, 0.6) is 0 Å². The first-order valence-corrected chi connectivity index (χ1v) is 4.16. The van der Waals surface area contributed by atoms with E-state index in [-0.39, 0.29) is 6.10 Å². The molecule has 0 spiro atoms. The second-order valence-electron chi connectivity index (χ2n) is 2.97. The SMILES string of the molecule is CC(C)OC(C)C(=O)O.O=C(O)C(F)(F)F. The highest BCUT2D eigenvalue weighted by Crippen LogP contribution is 2.13. The molecule has 0 saturated carbocycles. The van der Waals surface area contributed by atoms with Crippen molar-refractivity contribution in [1.82, 2.24) is 0 Å². The molecule has 0 bridgehead atoms. The van der Waals surface area contributed by atoms with Gasteiger partial charge in [-0.15, -0.1) is 0 Å². The van der Waals surface area contributed by atoms with Gasteiger partial charge in [-0.1, -0.05) is 0 Å². The minimum atomic E-state index is -5.08. The Hall–Kier alpha value is -1.31. The van der Waals surface area contributed by atoms with E-state index in [4.69, 9.17) is 19.7 Å². The first-order chi connectivity index (χ1) is 6.98. The van der Waals surface area contributed by atoms with Crippen molar-refractivity contribution in [1.29, 1.82) is 0 Å². The van der Waals surface area contributed by atoms with Crippen LogP contribution in [0.2, 0.25) is 0 Å². The predicted molar refractivity (Wildman–Crippen MR) is 47.0 cm³/mol. The van der Waals surface area contributed by atoms with E-state index in [0.29, 0.717) is 0 Å². The molecular weight excluding hydrogens is 233 g/mol. The Morgan fingerprint density at radius 3 is 1.50 bits per heavy atom. The van der Waals surface area contributed by atoms with E-state index in [0.717, 1.165) is 0 Å². The fourth-order valence-corrected chi connectivity index (χ4v) is 0.466. The highest BCUT2D eigenvalue weighted by Gasteiger charge is 2.38. The number of carbonyl (C=O) groups is 2. The number of alkyl halides is 3. The summed E-state index contributed by atoms with van der Waals surface area (Å²) in [5.74, 6) is -3.67. The Bertz CT molecular complexity index is 236.